The van der Waals surface area contributed by atoms with Crippen LogP contribution in [0.1, 0.15) is 41.0 Å². The SMILES string of the molecule is CC(C)=CCC(OC(=O)Nc1cccc(Cl)c1)C1=CC(=O)c2c(O)ccc(O)c2C1=O. The van der Waals surface area contributed by atoms with Crippen molar-refractivity contribution in [3.05, 3.63) is 75.8 Å². The number of halogens is 1. The number of phenolic OH excluding ortho intramolecular Hbond substituents is 2. The van der Waals surface area contributed by atoms with Crippen LogP contribution in [0.5, 0.6) is 11.5 Å². The number of benzene rings is 2. The molecule has 1 amide bonds. The van der Waals surface area contributed by atoms with E-state index in [9.17, 15) is 24.6 Å². The maximum absolute atomic E-state index is 13.1. The first-order valence-electron chi connectivity index (χ1n) is 9.39. The summed E-state index contributed by atoms with van der Waals surface area (Å²) in [6.45, 7) is 3.68. The summed E-state index contributed by atoms with van der Waals surface area (Å²) >= 11 is 5.92. The predicted molar refractivity (Wildman–Crippen MR) is 116 cm³/mol. The number of ketones is 2. The third-order valence-corrected chi connectivity index (χ3v) is 4.83. The number of hydrogen-bond donors (Lipinski definition) is 3. The highest BCUT2D eigenvalue weighted by molar-refractivity contribution is 6.31. The van der Waals surface area contributed by atoms with Gasteiger partial charge in [0.25, 0.3) is 0 Å². The Labute approximate surface area is 183 Å². The molecule has 0 bridgehead atoms. The van der Waals surface area contributed by atoms with Gasteiger partial charge in [0.1, 0.15) is 17.6 Å². The van der Waals surface area contributed by atoms with Crippen LogP contribution in [0.3, 0.4) is 0 Å². The lowest BCUT2D eigenvalue weighted by molar-refractivity contribution is 0.0914. The van der Waals surface area contributed by atoms with Crippen molar-refractivity contribution >= 4 is 34.9 Å². The standard InChI is InChI=1S/C23H20ClNO6/c1-12(2)6-9-19(31-23(30)25-14-5-3-4-13(24)10-14)15-11-18(28)20-16(26)7-8-17(27)21(20)22(15)29/h3-8,10-11,19,26-27H,9H2,1-2H3,(H,25,30). The van der Waals surface area contributed by atoms with Gasteiger partial charge < -0.3 is 14.9 Å². The molecule has 0 aliphatic heterocycles. The fraction of sp³-hybridized carbons (Fsp3) is 0.174. The van der Waals surface area contributed by atoms with Crippen molar-refractivity contribution in [2.45, 2.75) is 26.4 Å². The van der Waals surface area contributed by atoms with Crippen molar-refractivity contribution in [2.75, 3.05) is 5.32 Å². The number of ether oxygens (including phenoxy) is 1. The highest BCUT2D eigenvalue weighted by Gasteiger charge is 2.35. The molecule has 3 N–H and O–H groups in total. The summed E-state index contributed by atoms with van der Waals surface area (Å²) in [5.41, 5.74) is 0.616. The molecule has 2 aromatic carbocycles. The lowest BCUT2D eigenvalue weighted by Gasteiger charge is -2.23. The van der Waals surface area contributed by atoms with Crippen LogP contribution >= 0.6 is 11.6 Å². The molecule has 0 saturated heterocycles. The minimum atomic E-state index is -1.10. The number of fused-ring (bicyclic) bond motifs is 1. The van der Waals surface area contributed by atoms with E-state index in [0.29, 0.717) is 10.7 Å². The summed E-state index contributed by atoms with van der Waals surface area (Å²) in [6, 6.07) is 8.69. The molecule has 0 aromatic heterocycles. The van der Waals surface area contributed by atoms with Gasteiger partial charge in [-0.3, -0.25) is 14.9 Å². The smallest absolute Gasteiger partial charge is 0.412 e. The van der Waals surface area contributed by atoms with Crippen LogP contribution in [0, 0.1) is 0 Å². The minimum Gasteiger partial charge on any atom is -0.507 e. The molecule has 0 radical (unpaired) electrons. The summed E-state index contributed by atoms with van der Waals surface area (Å²) < 4.78 is 5.46. The average molecular weight is 442 g/mol. The zero-order valence-electron chi connectivity index (χ0n) is 16.8. The molecular formula is C23H20ClNO6. The van der Waals surface area contributed by atoms with Crippen LogP contribution < -0.4 is 5.32 Å². The topological polar surface area (TPSA) is 113 Å². The molecule has 0 fully saturated rings. The van der Waals surface area contributed by atoms with E-state index in [1.807, 2.05) is 13.8 Å². The molecule has 1 aliphatic rings. The number of hydrogen-bond acceptors (Lipinski definition) is 6. The van der Waals surface area contributed by atoms with E-state index in [-0.39, 0.29) is 23.1 Å². The molecule has 0 spiro atoms. The third kappa shape index (κ3) is 4.95. The van der Waals surface area contributed by atoms with E-state index in [2.05, 4.69) is 5.32 Å². The average Bonchev–Trinajstić information content (AvgIpc) is 2.69. The molecule has 2 aromatic rings. The molecule has 31 heavy (non-hydrogen) atoms. The Morgan fingerprint density at radius 1 is 1.13 bits per heavy atom. The van der Waals surface area contributed by atoms with Crippen molar-refractivity contribution in [1.29, 1.82) is 0 Å². The van der Waals surface area contributed by atoms with Gasteiger partial charge in [-0.15, -0.1) is 0 Å². The first-order valence-corrected chi connectivity index (χ1v) is 9.77. The number of amides is 1. The van der Waals surface area contributed by atoms with Crippen molar-refractivity contribution in [2.24, 2.45) is 0 Å². The second-order valence-corrected chi connectivity index (χ2v) is 7.63. The largest absolute Gasteiger partial charge is 0.507 e. The van der Waals surface area contributed by atoms with E-state index in [4.69, 9.17) is 16.3 Å². The fourth-order valence-electron chi connectivity index (χ4n) is 3.15. The number of carbonyl (C=O) groups excluding carboxylic acids is 3. The van der Waals surface area contributed by atoms with Crippen molar-refractivity contribution in [1.82, 2.24) is 0 Å². The summed E-state index contributed by atoms with van der Waals surface area (Å²) in [4.78, 5) is 38.1. The predicted octanol–water partition coefficient (Wildman–Crippen LogP) is 5.03. The second kappa shape index (κ2) is 9.06. The van der Waals surface area contributed by atoms with Gasteiger partial charge >= 0.3 is 6.09 Å². The molecule has 0 saturated carbocycles. The Morgan fingerprint density at radius 2 is 1.81 bits per heavy atom. The van der Waals surface area contributed by atoms with E-state index >= 15 is 0 Å². The maximum Gasteiger partial charge on any atom is 0.412 e. The van der Waals surface area contributed by atoms with E-state index < -0.39 is 35.3 Å². The normalized spacial score (nSPS) is 13.7. The van der Waals surface area contributed by atoms with Crippen molar-refractivity contribution in [3.63, 3.8) is 0 Å². The Bertz CT molecular complexity index is 1130. The van der Waals surface area contributed by atoms with E-state index in [0.717, 1.165) is 23.8 Å². The van der Waals surface area contributed by atoms with Gasteiger partial charge in [0.05, 0.1) is 11.1 Å². The van der Waals surface area contributed by atoms with Gasteiger partial charge in [0, 0.05) is 22.7 Å². The van der Waals surface area contributed by atoms with E-state index in [1.54, 1.807) is 24.3 Å². The van der Waals surface area contributed by atoms with Crippen molar-refractivity contribution in [3.8, 4) is 11.5 Å². The van der Waals surface area contributed by atoms with Crippen LogP contribution in [0.4, 0.5) is 10.5 Å². The number of allylic oxidation sites excluding steroid dienone is 2. The number of rotatable bonds is 5. The monoisotopic (exact) mass is 441 g/mol. The van der Waals surface area contributed by atoms with Gasteiger partial charge in [-0.05, 0) is 50.3 Å². The number of Topliss-reactive ketones (excluding diaryl/α,β-unsaturated/α-hetero) is 1. The minimum absolute atomic E-state index is 0.0999. The van der Waals surface area contributed by atoms with Gasteiger partial charge in [-0.2, -0.15) is 0 Å². The Hall–Kier alpha value is -3.58. The van der Waals surface area contributed by atoms with Crippen LogP contribution in [0.2, 0.25) is 5.02 Å². The maximum atomic E-state index is 13.1. The van der Waals surface area contributed by atoms with Crippen LogP contribution in [-0.2, 0) is 4.74 Å². The van der Waals surface area contributed by atoms with Crippen LogP contribution in [0.25, 0.3) is 0 Å². The second-order valence-electron chi connectivity index (χ2n) is 7.19. The summed E-state index contributed by atoms with van der Waals surface area (Å²) in [6.07, 6.45) is 0.973. The molecule has 0 heterocycles. The number of anilines is 1. The van der Waals surface area contributed by atoms with Gasteiger partial charge in [-0.1, -0.05) is 29.3 Å². The lowest BCUT2D eigenvalue weighted by Crippen LogP contribution is -2.30. The first kappa shape index (κ1) is 22.1. The zero-order chi connectivity index (χ0) is 22.7. The number of phenols is 2. The first-order chi connectivity index (χ1) is 14.7. The van der Waals surface area contributed by atoms with Gasteiger partial charge in [0.15, 0.2) is 11.6 Å². The molecule has 1 unspecified atom stereocenters. The molecule has 3 rings (SSSR count). The summed E-state index contributed by atoms with van der Waals surface area (Å²) in [7, 11) is 0. The summed E-state index contributed by atoms with van der Waals surface area (Å²) in [5.74, 6) is -2.23. The number of carbonyl (C=O) groups is 3. The lowest BCUT2D eigenvalue weighted by atomic mass is 9.85. The van der Waals surface area contributed by atoms with E-state index in [1.165, 1.54) is 6.07 Å². The molecule has 160 valence electrons. The molecule has 7 nitrogen and oxygen atoms in total. The fourth-order valence-corrected chi connectivity index (χ4v) is 3.34. The molecule has 1 atom stereocenters. The quantitative estimate of drug-likeness (QED) is 0.443. The van der Waals surface area contributed by atoms with Crippen molar-refractivity contribution < 1.29 is 29.3 Å². The Morgan fingerprint density at radius 3 is 2.45 bits per heavy atom. The highest BCUT2D eigenvalue weighted by Crippen LogP contribution is 2.36. The molecule has 1 aliphatic carbocycles. The highest BCUT2D eigenvalue weighted by atomic mass is 35.5. The number of aromatic hydroxyl groups is 2. The zero-order valence-corrected chi connectivity index (χ0v) is 17.6. The molecular weight excluding hydrogens is 422 g/mol. The van der Waals surface area contributed by atoms with Crippen LogP contribution in [0.15, 0.2) is 59.7 Å². The Balaban J connectivity index is 1.92. The summed E-state index contributed by atoms with van der Waals surface area (Å²) in [5, 5.41) is 23.1. The Kier molecular flexibility index (Phi) is 6.46. The van der Waals surface area contributed by atoms with Gasteiger partial charge in [-0.25, -0.2) is 4.79 Å². The van der Waals surface area contributed by atoms with Gasteiger partial charge in [0.2, 0.25) is 0 Å². The third-order valence-electron chi connectivity index (χ3n) is 4.59. The molecule has 8 heteroatoms. The van der Waals surface area contributed by atoms with Crippen LogP contribution in [-0.4, -0.2) is 34.0 Å². The number of nitrogens with one attached hydrogen (secondary N) is 1.